The molecule has 0 amide bonds. The third kappa shape index (κ3) is 36.4. The molecule has 0 aromatic rings. The summed E-state index contributed by atoms with van der Waals surface area (Å²) in [5.41, 5.74) is 0. The molecule has 0 saturated heterocycles. The van der Waals surface area contributed by atoms with Gasteiger partial charge in [0.25, 0.3) is 0 Å². The van der Waals surface area contributed by atoms with Gasteiger partial charge in [-0.2, -0.15) is 0 Å². The van der Waals surface area contributed by atoms with E-state index in [1.807, 2.05) is 0 Å². The molecule has 94 valence electrons. The summed E-state index contributed by atoms with van der Waals surface area (Å²) in [6.07, 6.45) is 14.7. The molecular weight excluding hydrogens is 261 g/mol. The number of rotatable bonds is 10. The summed E-state index contributed by atoms with van der Waals surface area (Å²) in [6, 6.07) is 0. The maximum Gasteiger partial charge on any atom is 1.00 e. The first-order chi connectivity index (χ1) is 7.83. The fraction of sp³-hybridized carbons (Fsp3) is 1.00. The molecule has 0 aromatic heterocycles. The van der Waals surface area contributed by atoms with Crippen molar-refractivity contribution in [1.29, 1.82) is 0 Å². The zero-order valence-electron chi connectivity index (χ0n) is 13.0. The Morgan fingerprint density at radius 3 is 1.28 bits per heavy atom. The van der Waals surface area contributed by atoms with Gasteiger partial charge in [-0.3, -0.25) is 0 Å². The van der Waals surface area contributed by atoms with Gasteiger partial charge in [-0.25, -0.2) is 0 Å². The van der Waals surface area contributed by atoms with Crippen LogP contribution in [0, 0.1) is 0 Å². The van der Waals surface area contributed by atoms with E-state index in [0.29, 0.717) is 0 Å². The molecule has 0 unspecified atom stereocenters. The van der Waals surface area contributed by atoms with Crippen molar-refractivity contribution in [3.8, 4) is 0 Å². The number of hydrogen-bond donors (Lipinski definition) is 0. The van der Waals surface area contributed by atoms with E-state index in [0.717, 1.165) is 0 Å². The van der Waals surface area contributed by atoms with E-state index in [4.69, 9.17) is 10.5 Å². The van der Waals surface area contributed by atoms with Crippen LogP contribution in [0.3, 0.4) is 0 Å². The summed E-state index contributed by atoms with van der Waals surface area (Å²) < 4.78 is 1.51. The Hall–Kier alpha value is 2.88. The average Bonchev–Trinajstić information content (AvgIpc) is 2.28. The molecule has 0 aromatic carbocycles. The Kier molecular flexibility index (Phi) is 51.5. The van der Waals surface area contributed by atoms with Crippen molar-refractivity contribution in [3.63, 3.8) is 0 Å². The summed E-state index contributed by atoms with van der Waals surface area (Å²) in [6.45, 7) is 2.29. The van der Waals surface area contributed by atoms with Crippen LogP contribution in [-0.2, 0) is 5.04 Å². The van der Waals surface area contributed by atoms with Crippen molar-refractivity contribution in [3.05, 3.63) is 0 Å². The molecule has 0 rings (SSSR count). The summed E-state index contributed by atoms with van der Waals surface area (Å²) >= 11 is 1.41. The summed E-state index contributed by atoms with van der Waals surface area (Å²) in [5, 5.41) is 17.5. The smallest absolute Gasteiger partial charge is 0.734 e. The van der Waals surface area contributed by atoms with Crippen molar-refractivity contribution in [2.24, 2.45) is 0 Å². The first kappa shape index (κ1) is 29.0. The van der Waals surface area contributed by atoms with Crippen LogP contribution in [0.15, 0.2) is 0 Å². The van der Waals surface area contributed by atoms with Crippen LogP contribution in [0.4, 0.5) is 0 Å². The van der Waals surface area contributed by atoms with Crippen LogP contribution in [0.5, 0.6) is 0 Å². The maximum absolute atomic E-state index is 7.88. The molecule has 0 bridgehead atoms. The third-order valence-corrected chi connectivity index (χ3v) is 3.41. The van der Waals surface area contributed by atoms with E-state index in [-0.39, 0.29) is 59.1 Å². The zero-order valence-corrected chi connectivity index (χ0v) is 19.0. The second-order valence-corrected chi connectivity index (χ2v) is 5.25. The van der Waals surface area contributed by atoms with Gasteiger partial charge in [0.2, 0.25) is 0 Å². The molecule has 0 spiro atoms. The van der Waals surface area contributed by atoms with Gasteiger partial charge in [0, 0.05) is 0 Å². The van der Waals surface area contributed by atoms with Crippen molar-refractivity contribution >= 4 is 27.9 Å². The van der Waals surface area contributed by atoms with Gasteiger partial charge in [0.15, 0.2) is 0 Å². The molecule has 0 aliphatic rings. The molecule has 18 heavy (non-hydrogen) atoms. The first-order valence-electron chi connectivity index (χ1n) is 6.75. The first-order valence-corrected chi connectivity index (χ1v) is 8.16. The molecule has 0 atom stereocenters. The molecule has 3 nitrogen and oxygen atoms in total. The van der Waals surface area contributed by atoms with Crippen LogP contribution < -0.4 is 69.6 Å². The zero-order chi connectivity index (χ0) is 12.5. The van der Waals surface area contributed by atoms with Gasteiger partial charge < -0.3 is 15.6 Å². The molecule has 0 N–H and O–H groups in total. The molecular formula is C12H25Na3O3. The Morgan fingerprint density at radius 2 is 1.00 bits per heavy atom. The minimum absolute atomic E-state index is 0. The summed E-state index contributed by atoms with van der Waals surface area (Å²) in [4.78, 5) is 0. The van der Waals surface area contributed by atoms with E-state index >= 15 is 0 Å². The quantitative estimate of drug-likeness (QED) is 0.178. The van der Waals surface area contributed by atoms with Gasteiger partial charge in [0.05, 0.1) is 0 Å². The van der Waals surface area contributed by atoms with Crippen molar-refractivity contribution in [2.75, 3.05) is 0 Å². The second-order valence-electron chi connectivity index (χ2n) is 4.25. The minimum atomic E-state index is 0. The molecule has 0 aliphatic heterocycles. The van der Waals surface area contributed by atoms with Crippen molar-refractivity contribution in [1.82, 2.24) is 0 Å². The minimum Gasteiger partial charge on any atom is -0.734 e. The molecule has 0 saturated carbocycles. The predicted octanol–water partition coefficient (Wildman–Crippen LogP) is -3.94. The maximum atomic E-state index is 7.88. The normalized spacial score (nSPS) is 8.72. The summed E-state index contributed by atoms with van der Waals surface area (Å²) in [7, 11) is 0. The van der Waals surface area contributed by atoms with Gasteiger partial charge in [0.1, 0.15) is 0 Å². The second kappa shape index (κ2) is 32.0. The average molecular weight is 286 g/mol. The molecule has 6 heteroatoms. The summed E-state index contributed by atoms with van der Waals surface area (Å²) in [5.74, 6) is 0. The van der Waals surface area contributed by atoms with Crippen LogP contribution in [0.2, 0.25) is 3.67 Å². The van der Waals surface area contributed by atoms with Crippen molar-refractivity contribution in [2.45, 2.75) is 74.8 Å². The van der Waals surface area contributed by atoms with E-state index in [9.17, 15) is 0 Å². The van der Waals surface area contributed by atoms with E-state index in [1.54, 1.807) is 5.04 Å². The molecule has 0 heterocycles. The fourth-order valence-electron chi connectivity index (χ4n) is 1.74. The number of hydrogen-bond acceptors (Lipinski definition) is 3. The largest absolute Gasteiger partial charge is 1.00 e. The van der Waals surface area contributed by atoms with Crippen LogP contribution >= 0.6 is 0 Å². The Morgan fingerprint density at radius 1 is 0.722 bits per heavy atom. The SMILES string of the molecule is CCCCCCCCCCC[CH2][Na].[Na+].[Na+].[O-]O[O-]. The van der Waals surface area contributed by atoms with E-state index in [1.165, 1.54) is 95.8 Å². The topological polar surface area (TPSA) is 55.3 Å². The van der Waals surface area contributed by atoms with E-state index < -0.39 is 0 Å². The molecule has 0 aliphatic carbocycles. The van der Waals surface area contributed by atoms with E-state index in [2.05, 4.69) is 6.92 Å². The Bertz CT molecular complexity index is 98.6. The number of unbranched alkanes of at least 4 members (excludes halogenated alkanes) is 9. The van der Waals surface area contributed by atoms with Gasteiger partial charge in [-0.1, -0.05) is 0 Å². The molecule has 0 fully saturated rings. The monoisotopic (exact) mass is 286 g/mol. The third-order valence-electron chi connectivity index (χ3n) is 2.71. The van der Waals surface area contributed by atoms with Gasteiger partial charge in [-0.15, -0.1) is 0 Å². The van der Waals surface area contributed by atoms with Crippen LogP contribution in [-0.4, -0.2) is 27.9 Å². The van der Waals surface area contributed by atoms with Crippen molar-refractivity contribution < 1.29 is 74.7 Å². The van der Waals surface area contributed by atoms with Gasteiger partial charge >= 0.3 is 162 Å². The van der Waals surface area contributed by atoms with Crippen LogP contribution in [0.1, 0.15) is 71.1 Å². The predicted molar refractivity (Wildman–Crippen MR) is 63.5 cm³/mol. The molecule has 0 radical (unpaired) electrons. The Balaban J connectivity index is -0.000000177. The fourth-order valence-corrected chi connectivity index (χ4v) is 2.24. The van der Waals surface area contributed by atoms with Crippen LogP contribution in [0.25, 0.3) is 0 Å². The standard InChI is InChI=1S/C12H25.3Na.H2O3/c1-3-5-7-9-11-12-10-8-6-4-2;;;;1-3-2/h1,3-12H2,2H3;;;;1-2H/q;;2*+1;/p-2. The Labute approximate surface area is 175 Å². The van der Waals surface area contributed by atoms with Gasteiger partial charge in [-0.05, 0) is 0 Å².